The number of pyridine rings is 1. The summed E-state index contributed by atoms with van der Waals surface area (Å²) in [7, 11) is 0. The van der Waals surface area contributed by atoms with Gasteiger partial charge in [0.15, 0.2) is 5.82 Å². The number of nitrogens with zero attached hydrogens (tertiary/aromatic N) is 3. The SMILES string of the molecule is C/C=c1\c(=C/C)nc(N)c2nc(CCCC)n(Cc3ccc(CNC(=O)CCCCCC)cc3)c12. The number of hydrogen-bond acceptors (Lipinski definition) is 4. The van der Waals surface area contributed by atoms with Gasteiger partial charge in [0.25, 0.3) is 0 Å². The Balaban J connectivity index is 1.82. The van der Waals surface area contributed by atoms with Crippen molar-refractivity contribution in [1.29, 1.82) is 0 Å². The number of nitrogen functional groups attached to an aromatic ring is 1. The quantitative estimate of drug-likeness (QED) is 0.375. The van der Waals surface area contributed by atoms with Gasteiger partial charge in [-0.15, -0.1) is 0 Å². The molecule has 0 saturated carbocycles. The molecule has 0 bridgehead atoms. The monoisotopic (exact) mass is 475 g/mol. The Labute approximate surface area is 209 Å². The zero-order valence-electron chi connectivity index (χ0n) is 21.9. The Morgan fingerprint density at radius 1 is 0.971 bits per heavy atom. The number of nitrogens with one attached hydrogen (secondary N) is 1. The van der Waals surface area contributed by atoms with Gasteiger partial charge in [-0.3, -0.25) is 4.79 Å². The highest BCUT2D eigenvalue weighted by Gasteiger charge is 2.16. The number of fused-ring (bicyclic) bond motifs is 1. The maximum absolute atomic E-state index is 12.1. The van der Waals surface area contributed by atoms with Crippen molar-refractivity contribution < 1.29 is 4.79 Å². The molecule has 3 rings (SSSR count). The Morgan fingerprint density at radius 2 is 1.69 bits per heavy atom. The zero-order valence-corrected chi connectivity index (χ0v) is 21.9. The normalized spacial score (nSPS) is 12.6. The fourth-order valence-corrected chi connectivity index (χ4v) is 4.46. The number of unbranched alkanes of at least 4 members (excludes halogenated alkanes) is 4. The average Bonchev–Trinajstić information content (AvgIpc) is 3.23. The zero-order chi connectivity index (χ0) is 25.2. The molecule has 6 heteroatoms. The molecule has 2 aromatic heterocycles. The number of aromatic nitrogens is 3. The Hall–Kier alpha value is -3.15. The smallest absolute Gasteiger partial charge is 0.220 e. The van der Waals surface area contributed by atoms with Crippen molar-refractivity contribution in [1.82, 2.24) is 19.9 Å². The number of imidazole rings is 1. The Kier molecular flexibility index (Phi) is 9.88. The van der Waals surface area contributed by atoms with E-state index in [1.165, 1.54) is 18.4 Å². The van der Waals surface area contributed by atoms with E-state index in [0.29, 0.717) is 25.3 Å². The van der Waals surface area contributed by atoms with Crippen LogP contribution < -0.4 is 21.6 Å². The van der Waals surface area contributed by atoms with Crippen molar-refractivity contribution in [2.24, 2.45) is 0 Å². The largest absolute Gasteiger partial charge is 0.382 e. The van der Waals surface area contributed by atoms with E-state index in [1.54, 1.807) is 0 Å². The summed E-state index contributed by atoms with van der Waals surface area (Å²) in [5.74, 6) is 1.66. The van der Waals surface area contributed by atoms with Crippen LogP contribution in [-0.4, -0.2) is 20.4 Å². The van der Waals surface area contributed by atoms with Gasteiger partial charge in [-0.25, -0.2) is 9.97 Å². The van der Waals surface area contributed by atoms with Crippen molar-refractivity contribution in [2.75, 3.05) is 5.73 Å². The highest BCUT2D eigenvalue weighted by atomic mass is 16.1. The van der Waals surface area contributed by atoms with Gasteiger partial charge in [-0.1, -0.05) is 75.9 Å². The topological polar surface area (TPSA) is 85.8 Å². The molecule has 188 valence electrons. The molecule has 0 unspecified atom stereocenters. The summed E-state index contributed by atoms with van der Waals surface area (Å²) < 4.78 is 2.30. The number of nitrogens with two attached hydrogens (primary N) is 1. The molecule has 2 heterocycles. The van der Waals surface area contributed by atoms with Crippen molar-refractivity contribution >= 4 is 34.9 Å². The lowest BCUT2D eigenvalue weighted by Gasteiger charge is -2.11. The predicted molar refractivity (Wildman–Crippen MR) is 146 cm³/mol. The van der Waals surface area contributed by atoms with Crippen LogP contribution in [-0.2, 0) is 24.3 Å². The van der Waals surface area contributed by atoms with Crippen LogP contribution in [0.4, 0.5) is 5.82 Å². The van der Waals surface area contributed by atoms with Crippen molar-refractivity contribution in [2.45, 2.75) is 92.2 Å². The number of anilines is 1. The second kappa shape index (κ2) is 13.1. The average molecular weight is 476 g/mol. The highest BCUT2D eigenvalue weighted by molar-refractivity contribution is 5.86. The van der Waals surface area contributed by atoms with E-state index in [4.69, 9.17) is 10.7 Å². The molecule has 3 aromatic rings. The van der Waals surface area contributed by atoms with Crippen LogP contribution in [0.25, 0.3) is 23.2 Å². The van der Waals surface area contributed by atoms with E-state index in [-0.39, 0.29) is 5.91 Å². The Morgan fingerprint density at radius 3 is 2.34 bits per heavy atom. The maximum atomic E-state index is 12.1. The van der Waals surface area contributed by atoms with Gasteiger partial charge in [0, 0.05) is 31.1 Å². The van der Waals surface area contributed by atoms with Crippen LogP contribution in [0.2, 0.25) is 0 Å². The standard InChI is InChI=1S/C29H41N5O/c1-5-9-11-12-14-26(35)31-19-21-15-17-22(18-16-21)20-34-25(13-10-6-2)33-27-28(34)23(7-3)24(8-4)32-29(27)30/h7-8,15-18H,5-6,9-14,19-20H2,1-4H3,(H2,30,32)(H,31,35)/b23-7+,24-8+. The molecule has 6 nitrogen and oxygen atoms in total. The lowest BCUT2D eigenvalue weighted by Crippen LogP contribution is -2.31. The van der Waals surface area contributed by atoms with Gasteiger partial charge in [-0.05, 0) is 37.8 Å². The fraction of sp³-hybridized carbons (Fsp3) is 0.483. The summed E-state index contributed by atoms with van der Waals surface area (Å²) in [6.45, 7) is 9.68. The summed E-state index contributed by atoms with van der Waals surface area (Å²) >= 11 is 0. The summed E-state index contributed by atoms with van der Waals surface area (Å²) in [6.07, 6.45) is 12.3. The third kappa shape index (κ3) is 6.71. The number of benzene rings is 1. The molecule has 0 saturated heterocycles. The number of amides is 1. The maximum Gasteiger partial charge on any atom is 0.220 e. The van der Waals surface area contributed by atoms with Crippen LogP contribution in [0, 0.1) is 0 Å². The highest BCUT2D eigenvalue weighted by Crippen LogP contribution is 2.20. The second-order valence-electron chi connectivity index (χ2n) is 9.19. The first-order valence-electron chi connectivity index (χ1n) is 13.1. The summed E-state index contributed by atoms with van der Waals surface area (Å²) in [5.41, 5.74) is 10.5. The van der Waals surface area contributed by atoms with Gasteiger partial charge >= 0.3 is 0 Å². The minimum atomic E-state index is 0.133. The predicted octanol–water partition coefficient (Wildman–Crippen LogP) is 4.59. The molecule has 0 atom stereocenters. The van der Waals surface area contributed by atoms with Crippen LogP contribution in [0.5, 0.6) is 0 Å². The summed E-state index contributed by atoms with van der Waals surface area (Å²) in [5, 5.41) is 5.01. The molecule has 0 aliphatic heterocycles. The number of aryl methyl sites for hydroxylation is 1. The van der Waals surface area contributed by atoms with E-state index >= 15 is 0 Å². The molecule has 1 aromatic carbocycles. The second-order valence-corrected chi connectivity index (χ2v) is 9.19. The molecular weight excluding hydrogens is 434 g/mol. The molecule has 35 heavy (non-hydrogen) atoms. The summed E-state index contributed by atoms with van der Waals surface area (Å²) in [4.78, 5) is 21.6. The first kappa shape index (κ1) is 26.5. The van der Waals surface area contributed by atoms with E-state index in [9.17, 15) is 4.79 Å². The molecule has 0 radical (unpaired) electrons. The van der Waals surface area contributed by atoms with E-state index in [2.05, 4.69) is 59.1 Å². The summed E-state index contributed by atoms with van der Waals surface area (Å²) in [6, 6.07) is 8.49. The Bertz CT molecular complexity index is 1240. The first-order valence-corrected chi connectivity index (χ1v) is 13.1. The molecule has 1 amide bonds. The van der Waals surface area contributed by atoms with Gasteiger partial charge in [-0.2, -0.15) is 0 Å². The fourth-order valence-electron chi connectivity index (χ4n) is 4.46. The van der Waals surface area contributed by atoms with Gasteiger partial charge in [0.2, 0.25) is 5.91 Å². The van der Waals surface area contributed by atoms with E-state index in [1.807, 2.05) is 19.9 Å². The molecule has 0 fully saturated rings. The van der Waals surface area contributed by atoms with Crippen LogP contribution in [0.3, 0.4) is 0 Å². The molecule has 0 spiro atoms. The third-order valence-electron chi connectivity index (χ3n) is 6.49. The van der Waals surface area contributed by atoms with Gasteiger partial charge in [0.1, 0.15) is 11.3 Å². The lowest BCUT2D eigenvalue weighted by atomic mass is 10.1. The molecule has 0 aliphatic carbocycles. The van der Waals surface area contributed by atoms with Crippen LogP contribution in [0.1, 0.15) is 89.6 Å². The number of hydrogen-bond donors (Lipinski definition) is 2. The molecular formula is C29H41N5O. The molecule has 3 N–H and O–H groups in total. The van der Waals surface area contributed by atoms with Crippen molar-refractivity contribution in [3.05, 3.63) is 51.8 Å². The van der Waals surface area contributed by atoms with E-state index < -0.39 is 0 Å². The number of rotatable bonds is 12. The van der Waals surface area contributed by atoms with Gasteiger partial charge < -0.3 is 15.6 Å². The third-order valence-corrected chi connectivity index (χ3v) is 6.49. The minimum absolute atomic E-state index is 0.133. The minimum Gasteiger partial charge on any atom is -0.382 e. The number of carbonyl (C=O) groups is 1. The first-order chi connectivity index (χ1) is 17.0. The van der Waals surface area contributed by atoms with E-state index in [0.717, 1.165) is 65.1 Å². The van der Waals surface area contributed by atoms with Gasteiger partial charge in [0.05, 0.1) is 10.9 Å². The lowest BCUT2D eigenvalue weighted by molar-refractivity contribution is -0.121. The van der Waals surface area contributed by atoms with Crippen molar-refractivity contribution in [3.63, 3.8) is 0 Å². The van der Waals surface area contributed by atoms with Crippen LogP contribution >= 0.6 is 0 Å². The molecule has 0 aliphatic rings. The van der Waals surface area contributed by atoms with Crippen LogP contribution in [0.15, 0.2) is 24.3 Å². The number of carbonyl (C=O) groups excluding carboxylic acids is 1. The van der Waals surface area contributed by atoms with Crippen molar-refractivity contribution in [3.8, 4) is 0 Å².